The quantitative estimate of drug-likeness (QED) is 0.493. The van der Waals surface area contributed by atoms with Gasteiger partial charge in [0, 0.05) is 16.3 Å². The summed E-state index contributed by atoms with van der Waals surface area (Å²) in [7, 11) is 0. The molecule has 1 aliphatic carbocycles. The maximum absolute atomic E-state index is 13.2. The molecule has 3 heterocycles. The molecule has 0 spiro atoms. The molecule has 0 bridgehead atoms. The first kappa shape index (κ1) is 17.4. The molecule has 5 rings (SSSR count). The Kier molecular flexibility index (Phi) is 4.16. The summed E-state index contributed by atoms with van der Waals surface area (Å²) in [6, 6.07) is 7.38. The molecule has 0 saturated carbocycles. The molecule has 0 atom stereocenters. The summed E-state index contributed by atoms with van der Waals surface area (Å²) < 4.78 is 7.01. The van der Waals surface area contributed by atoms with Crippen molar-refractivity contribution in [1.82, 2.24) is 9.55 Å². The maximum atomic E-state index is 13.2. The van der Waals surface area contributed by atoms with Gasteiger partial charge in [-0.1, -0.05) is 19.1 Å². The van der Waals surface area contributed by atoms with Gasteiger partial charge >= 0.3 is 5.63 Å². The van der Waals surface area contributed by atoms with Crippen molar-refractivity contribution in [2.75, 3.05) is 0 Å². The Morgan fingerprint density at radius 1 is 1.18 bits per heavy atom. The Hall–Kier alpha value is -2.73. The summed E-state index contributed by atoms with van der Waals surface area (Å²) in [4.78, 5) is 32.0. The Morgan fingerprint density at radius 2 is 2.04 bits per heavy atom. The van der Waals surface area contributed by atoms with E-state index in [1.165, 1.54) is 22.9 Å². The minimum atomic E-state index is -0.397. The fourth-order valence-corrected chi connectivity index (χ4v) is 5.32. The first-order valence-electron chi connectivity index (χ1n) is 9.69. The van der Waals surface area contributed by atoms with E-state index in [0.29, 0.717) is 12.1 Å². The first-order chi connectivity index (χ1) is 13.6. The van der Waals surface area contributed by atoms with Gasteiger partial charge < -0.3 is 4.42 Å². The summed E-state index contributed by atoms with van der Waals surface area (Å²) >= 11 is 1.65. The Morgan fingerprint density at radius 3 is 2.89 bits per heavy atom. The minimum Gasteiger partial charge on any atom is -0.423 e. The predicted molar refractivity (Wildman–Crippen MR) is 111 cm³/mol. The van der Waals surface area contributed by atoms with Gasteiger partial charge in [0.2, 0.25) is 0 Å². The molecule has 4 aromatic rings. The lowest BCUT2D eigenvalue weighted by Gasteiger charge is -2.11. The molecule has 0 unspecified atom stereocenters. The fourth-order valence-electron chi connectivity index (χ4n) is 4.10. The topological polar surface area (TPSA) is 65.1 Å². The smallest absolute Gasteiger partial charge is 0.336 e. The van der Waals surface area contributed by atoms with Crippen molar-refractivity contribution in [3.8, 4) is 0 Å². The lowest BCUT2D eigenvalue weighted by molar-refractivity contribution is 0.557. The molecule has 0 aliphatic heterocycles. The zero-order valence-electron chi connectivity index (χ0n) is 15.7. The van der Waals surface area contributed by atoms with Crippen LogP contribution in [0.1, 0.15) is 41.3 Å². The lowest BCUT2D eigenvalue weighted by Crippen LogP contribution is -2.22. The van der Waals surface area contributed by atoms with Crippen molar-refractivity contribution >= 4 is 32.5 Å². The van der Waals surface area contributed by atoms with E-state index < -0.39 is 5.63 Å². The molecule has 28 heavy (non-hydrogen) atoms. The third kappa shape index (κ3) is 2.79. The lowest BCUT2D eigenvalue weighted by atomic mass is 9.97. The number of benzene rings is 1. The highest BCUT2D eigenvalue weighted by molar-refractivity contribution is 7.18. The standard InChI is InChI=1S/C22H20N2O3S/c1-2-13-7-8-15-14(10-19(25)27-17(15)9-13)11-24-12-23-21-20(22(24)26)16-5-3-4-6-18(16)28-21/h7-10,12H,2-6,11H2,1H3. The van der Waals surface area contributed by atoms with Crippen LogP contribution >= 0.6 is 11.3 Å². The molecule has 1 aliphatic rings. The molecule has 0 saturated heterocycles. The molecular formula is C22H20N2O3S. The highest BCUT2D eigenvalue weighted by atomic mass is 32.1. The SMILES string of the molecule is CCc1ccc2c(Cn3cnc4sc5c(c4c3=O)CCCC5)cc(=O)oc2c1. The van der Waals surface area contributed by atoms with Crippen LogP contribution in [-0.4, -0.2) is 9.55 Å². The molecule has 0 radical (unpaired) electrons. The van der Waals surface area contributed by atoms with Gasteiger partial charge in [0.25, 0.3) is 5.56 Å². The van der Waals surface area contributed by atoms with Gasteiger partial charge in [-0.05, 0) is 54.9 Å². The van der Waals surface area contributed by atoms with Crippen molar-refractivity contribution in [2.45, 2.75) is 45.6 Å². The largest absolute Gasteiger partial charge is 0.423 e. The van der Waals surface area contributed by atoms with E-state index in [-0.39, 0.29) is 5.56 Å². The molecule has 142 valence electrons. The second kappa shape index (κ2) is 6.71. The number of thiophene rings is 1. The molecule has 0 N–H and O–H groups in total. The molecule has 1 aromatic carbocycles. The van der Waals surface area contributed by atoms with Crippen LogP contribution in [0.25, 0.3) is 21.2 Å². The fraction of sp³-hybridized carbons (Fsp3) is 0.318. The predicted octanol–water partition coefficient (Wildman–Crippen LogP) is 4.05. The Balaban J connectivity index is 1.65. The zero-order valence-corrected chi connectivity index (χ0v) is 16.5. The number of hydrogen-bond acceptors (Lipinski definition) is 5. The van der Waals surface area contributed by atoms with Crippen LogP contribution in [0.5, 0.6) is 0 Å². The number of rotatable bonds is 3. The van der Waals surface area contributed by atoms with E-state index in [2.05, 4.69) is 11.9 Å². The van der Waals surface area contributed by atoms with E-state index in [0.717, 1.165) is 52.4 Å². The number of fused-ring (bicyclic) bond motifs is 4. The van der Waals surface area contributed by atoms with Crippen LogP contribution in [0.3, 0.4) is 0 Å². The van der Waals surface area contributed by atoms with Gasteiger partial charge in [0.15, 0.2) is 0 Å². The molecular weight excluding hydrogens is 372 g/mol. The van der Waals surface area contributed by atoms with Gasteiger partial charge in [-0.15, -0.1) is 11.3 Å². The monoisotopic (exact) mass is 392 g/mol. The van der Waals surface area contributed by atoms with E-state index in [1.54, 1.807) is 22.2 Å². The highest BCUT2D eigenvalue weighted by Gasteiger charge is 2.20. The first-order valence-corrected chi connectivity index (χ1v) is 10.5. The van der Waals surface area contributed by atoms with Crippen LogP contribution in [0, 0.1) is 0 Å². The second-order valence-corrected chi connectivity index (χ2v) is 8.43. The van der Waals surface area contributed by atoms with Gasteiger partial charge in [0.1, 0.15) is 10.4 Å². The minimum absolute atomic E-state index is 0.0176. The van der Waals surface area contributed by atoms with Gasteiger partial charge in [-0.3, -0.25) is 9.36 Å². The number of aryl methyl sites for hydroxylation is 3. The van der Waals surface area contributed by atoms with Crippen LogP contribution in [-0.2, 0) is 25.8 Å². The van der Waals surface area contributed by atoms with E-state index >= 15 is 0 Å². The van der Waals surface area contributed by atoms with Crippen LogP contribution in [0.4, 0.5) is 0 Å². The van der Waals surface area contributed by atoms with Crippen molar-refractivity contribution in [3.63, 3.8) is 0 Å². The summed E-state index contributed by atoms with van der Waals surface area (Å²) in [6.45, 7) is 2.37. The number of nitrogens with zero attached hydrogens (tertiary/aromatic N) is 2. The number of hydrogen-bond donors (Lipinski definition) is 0. The van der Waals surface area contributed by atoms with Gasteiger partial charge in [0.05, 0.1) is 18.3 Å². The van der Waals surface area contributed by atoms with E-state index in [1.807, 2.05) is 18.2 Å². The molecule has 0 fully saturated rings. The van der Waals surface area contributed by atoms with Gasteiger partial charge in [-0.25, -0.2) is 9.78 Å². The van der Waals surface area contributed by atoms with E-state index in [4.69, 9.17) is 4.42 Å². The summed E-state index contributed by atoms with van der Waals surface area (Å²) in [5, 5.41) is 1.62. The highest BCUT2D eigenvalue weighted by Crippen LogP contribution is 2.33. The molecule has 5 nitrogen and oxygen atoms in total. The Bertz CT molecular complexity index is 1330. The zero-order chi connectivity index (χ0) is 19.3. The molecule has 3 aromatic heterocycles. The average molecular weight is 392 g/mol. The third-order valence-corrected chi connectivity index (χ3v) is 6.79. The van der Waals surface area contributed by atoms with E-state index in [9.17, 15) is 9.59 Å². The van der Waals surface area contributed by atoms with Crippen LogP contribution in [0.2, 0.25) is 0 Å². The van der Waals surface area contributed by atoms with Crippen molar-refractivity contribution < 1.29 is 4.42 Å². The van der Waals surface area contributed by atoms with Gasteiger partial charge in [-0.2, -0.15) is 0 Å². The average Bonchev–Trinajstić information content (AvgIpc) is 3.08. The molecule has 6 heteroatoms. The molecule has 0 amide bonds. The van der Waals surface area contributed by atoms with Crippen molar-refractivity contribution in [2.24, 2.45) is 0 Å². The van der Waals surface area contributed by atoms with Crippen LogP contribution < -0.4 is 11.2 Å². The second-order valence-electron chi connectivity index (χ2n) is 7.34. The summed E-state index contributed by atoms with van der Waals surface area (Å²) in [5.41, 5.74) is 3.22. The normalized spacial score (nSPS) is 13.9. The summed E-state index contributed by atoms with van der Waals surface area (Å²) in [5.74, 6) is 0. The van der Waals surface area contributed by atoms with Crippen molar-refractivity contribution in [1.29, 1.82) is 0 Å². The van der Waals surface area contributed by atoms with Crippen molar-refractivity contribution in [3.05, 3.63) is 72.9 Å². The Labute approximate surface area is 165 Å². The maximum Gasteiger partial charge on any atom is 0.336 e. The van der Waals surface area contributed by atoms with Crippen LogP contribution in [0.15, 0.2) is 44.6 Å². The third-order valence-electron chi connectivity index (χ3n) is 5.59. The summed E-state index contributed by atoms with van der Waals surface area (Å²) in [6.07, 6.45) is 6.77. The number of aromatic nitrogens is 2.